The summed E-state index contributed by atoms with van der Waals surface area (Å²) in [7, 11) is 0. The van der Waals surface area contributed by atoms with Gasteiger partial charge >= 0.3 is 0 Å². The highest BCUT2D eigenvalue weighted by Crippen LogP contribution is 2.32. The van der Waals surface area contributed by atoms with E-state index in [1.165, 1.54) is 12.1 Å². The number of nitrogens with two attached hydrogens (primary N) is 1. The summed E-state index contributed by atoms with van der Waals surface area (Å²) in [6.07, 6.45) is 6.18. The van der Waals surface area contributed by atoms with Gasteiger partial charge in [-0.05, 0) is 31.0 Å². The molecule has 1 aromatic carbocycles. The van der Waals surface area contributed by atoms with E-state index in [0.29, 0.717) is 12.0 Å². The number of anilines is 1. The highest BCUT2D eigenvalue weighted by Gasteiger charge is 2.19. The first-order chi connectivity index (χ1) is 11.3. The Kier molecular flexibility index (Phi) is 3.55. The second-order valence-electron chi connectivity index (χ2n) is 5.85. The summed E-state index contributed by atoms with van der Waals surface area (Å²) in [6, 6.07) is 12.7. The van der Waals surface area contributed by atoms with Crippen LogP contribution in [0.15, 0.2) is 48.8 Å². The summed E-state index contributed by atoms with van der Waals surface area (Å²) >= 11 is 0. The van der Waals surface area contributed by atoms with Gasteiger partial charge in [0, 0.05) is 35.3 Å². The first kappa shape index (κ1) is 14.0. The van der Waals surface area contributed by atoms with E-state index in [1.807, 2.05) is 24.4 Å². The molecule has 1 fully saturated rings. The first-order valence-electron chi connectivity index (χ1n) is 7.91. The fourth-order valence-corrected chi connectivity index (χ4v) is 3.14. The minimum Gasteiger partial charge on any atom is -0.368 e. The zero-order valence-electron chi connectivity index (χ0n) is 12.8. The third-order valence-electron chi connectivity index (χ3n) is 4.31. The number of rotatable bonds is 3. The minimum absolute atomic E-state index is 0.293. The van der Waals surface area contributed by atoms with Gasteiger partial charge in [-0.25, -0.2) is 9.97 Å². The number of aromatic amines is 1. The molecule has 0 amide bonds. The Morgan fingerprint density at radius 3 is 2.78 bits per heavy atom. The number of H-pyrrole nitrogens is 1. The van der Waals surface area contributed by atoms with Gasteiger partial charge in [-0.1, -0.05) is 30.3 Å². The number of hydrogen-bond donors (Lipinski definition) is 3. The second-order valence-corrected chi connectivity index (χ2v) is 5.85. The van der Waals surface area contributed by atoms with Crippen molar-refractivity contribution in [2.24, 2.45) is 0 Å². The molecular formula is C18H19N5. The van der Waals surface area contributed by atoms with Crippen LogP contribution in [0.4, 0.5) is 5.95 Å². The van der Waals surface area contributed by atoms with Crippen molar-refractivity contribution in [1.82, 2.24) is 20.3 Å². The van der Waals surface area contributed by atoms with E-state index in [0.717, 1.165) is 35.3 Å². The maximum Gasteiger partial charge on any atom is 0.220 e. The van der Waals surface area contributed by atoms with Gasteiger partial charge in [0.15, 0.2) is 0 Å². The summed E-state index contributed by atoms with van der Waals surface area (Å²) in [6.45, 7) is 1.08. The van der Waals surface area contributed by atoms with Crippen molar-refractivity contribution in [2.45, 2.75) is 18.9 Å². The molecule has 4 rings (SSSR count). The molecule has 0 bridgehead atoms. The molecule has 1 saturated heterocycles. The Morgan fingerprint density at radius 1 is 1.13 bits per heavy atom. The van der Waals surface area contributed by atoms with Crippen LogP contribution < -0.4 is 11.1 Å². The summed E-state index contributed by atoms with van der Waals surface area (Å²) in [4.78, 5) is 12.0. The van der Waals surface area contributed by atoms with Crippen LogP contribution in [0.2, 0.25) is 0 Å². The van der Waals surface area contributed by atoms with Crippen LogP contribution in [0, 0.1) is 0 Å². The molecule has 5 nitrogen and oxygen atoms in total. The zero-order chi connectivity index (χ0) is 15.6. The Morgan fingerprint density at radius 2 is 2.00 bits per heavy atom. The highest BCUT2D eigenvalue weighted by atomic mass is 15.0. The van der Waals surface area contributed by atoms with Gasteiger partial charge in [-0.3, -0.25) is 0 Å². The maximum absolute atomic E-state index is 5.83. The average Bonchev–Trinajstić information content (AvgIpc) is 3.27. The molecule has 0 spiro atoms. The lowest BCUT2D eigenvalue weighted by Crippen LogP contribution is -2.12. The Hall–Kier alpha value is -2.66. The Balaban J connectivity index is 1.77. The van der Waals surface area contributed by atoms with E-state index in [1.54, 1.807) is 6.20 Å². The molecular weight excluding hydrogens is 286 g/mol. The van der Waals surface area contributed by atoms with E-state index >= 15 is 0 Å². The lowest BCUT2D eigenvalue weighted by atomic mass is 10.0. The van der Waals surface area contributed by atoms with Crippen LogP contribution >= 0.6 is 0 Å². The van der Waals surface area contributed by atoms with Crippen LogP contribution in [0.1, 0.15) is 24.6 Å². The normalized spacial score (nSPS) is 17.5. The van der Waals surface area contributed by atoms with Crippen LogP contribution in [0.5, 0.6) is 0 Å². The minimum atomic E-state index is 0.293. The summed E-state index contributed by atoms with van der Waals surface area (Å²) < 4.78 is 0. The standard InChI is InChI=1S/C18H19N5/c19-18-22-11-14(12-5-2-1-3-6-12)17(23-18)13-9-16(21-10-13)15-7-4-8-20-15/h1-3,5-6,9-11,15,20-21H,4,7-8H2,(H2,19,22,23). The number of nitrogens with one attached hydrogen (secondary N) is 2. The maximum atomic E-state index is 5.83. The van der Waals surface area contributed by atoms with Crippen molar-refractivity contribution in [3.05, 3.63) is 54.5 Å². The third-order valence-corrected chi connectivity index (χ3v) is 4.31. The molecule has 1 atom stereocenters. The Bertz CT molecular complexity index is 803. The van der Waals surface area contributed by atoms with Crippen molar-refractivity contribution in [2.75, 3.05) is 12.3 Å². The zero-order valence-corrected chi connectivity index (χ0v) is 12.8. The molecule has 1 aliphatic rings. The predicted octanol–water partition coefficient (Wildman–Crippen LogP) is 3.15. The summed E-state index contributed by atoms with van der Waals surface area (Å²) in [5, 5.41) is 3.51. The lowest BCUT2D eigenvalue weighted by molar-refractivity contribution is 0.632. The van der Waals surface area contributed by atoms with Gasteiger partial charge in [-0.2, -0.15) is 0 Å². The molecule has 0 saturated carbocycles. The predicted molar refractivity (Wildman–Crippen MR) is 91.6 cm³/mol. The SMILES string of the molecule is Nc1ncc(-c2ccccc2)c(-c2c[nH]c(C3CCCN3)c2)n1. The van der Waals surface area contributed by atoms with Crippen molar-refractivity contribution >= 4 is 5.95 Å². The number of hydrogen-bond acceptors (Lipinski definition) is 4. The summed E-state index contributed by atoms with van der Waals surface area (Å²) in [5.74, 6) is 0.293. The first-order valence-corrected chi connectivity index (χ1v) is 7.91. The van der Waals surface area contributed by atoms with E-state index in [-0.39, 0.29) is 0 Å². The molecule has 0 aliphatic carbocycles. The molecule has 116 valence electrons. The number of benzene rings is 1. The molecule has 4 N–H and O–H groups in total. The van der Waals surface area contributed by atoms with Crippen molar-refractivity contribution in [1.29, 1.82) is 0 Å². The molecule has 1 aliphatic heterocycles. The molecule has 3 aromatic rings. The van der Waals surface area contributed by atoms with E-state index < -0.39 is 0 Å². The quantitative estimate of drug-likeness (QED) is 0.694. The second kappa shape index (κ2) is 5.85. The third kappa shape index (κ3) is 2.71. The van der Waals surface area contributed by atoms with Gasteiger partial charge in [-0.15, -0.1) is 0 Å². The summed E-state index contributed by atoms with van der Waals surface area (Å²) in [5.41, 5.74) is 11.0. The van der Waals surface area contributed by atoms with Gasteiger partial charge < -0.3 is 16.0 Å². The van der Waals surface area contributed by atoms with Crippen molar-refractivity contribution in [3.63, 3.8) is 0 Å². The fourth-order valence-electron chi connectivity index (χ4n) is 3.14. The van der Waals surface area contributed by atoms with E-state index in [2.05, 4.69) is 38.5 Å². The van der Waals surface area contributed by atoms with Crippen LogP contribution in [0.25, 0.3) is 22.4 Å². The molecule has 1 unspecified atom stereocenters. The van der Waals surface area contributed by atoms with E-state index in [4.69, 9.17) is 5.73 Å². The Labute approximate surface area is 135 Å². The van der Waals surface area contributed by atoms with Crippen molar-refractivity contribution in [3.8, 4) is 22.4 Å². The molecule has 2 aromatic heterocycles. The topological polar surface area (TPSA) is 79.6 Å². The van der Waals surface area contributed by atoms with Crippen LogP contribution in [0.3, 0.4) is 0 Å². The number of nitrogen functional groups attached to an aromatic ring is 1. The number of aromatic nitrogens is 3. The van der Waals surface area contributed by atoms with Gasteiger partial charge in [0.2, 0.25) is 5.95 Å². The smallest absolute Gasteiger partial charge is 0.220 e. The number of nitrogens with zero attached hydrogens (tertiary/aromatic N) is 2. The largest absolute Gasteiger partial charge is 0.368 e. The average molecular weight is 305 g/mol. The molecule has 3 heterocycles. The van der Waals surface area contributed by atoms with Crippen molar-refractivity contribution < 1.29 is 0 Å². The van der Waals surface area contributed by atoms with Crippen LogP contribution in [-0.2, 0) is 0 Å². The van der Waals surface area contributed by atoms with Gasteiger partial charge in [0.25, 0.3) is 0 Å². The lowest BCUT2D eigenvalue weighted by Gasteiger charge is -2.08. The van der Waals surface area contributed by atoms with Crippen LogP contribution in [-0.4, -0.2) is 21.5 Å². The monoisotopic (exact) mass is 305 g/mol. The molecule has 23 heavy (non-hydrogen) atoms. The van der Waals surface area contributed by atoms with Gasteiger partial charge in [0.05, 0.1) is 5.69 Å². The van der Waals surface area contributed by atoms with E-state index in [9.17, 15) is 0 Å². The van der Waals surface area contributed by atoms with Gasteiger partial charge in [0.1, 0.15) is 0 Å². The highest BCUT2D eigenvalue weighted by molar-refractivity contribution is 5.80. The molecule has 5 heteroatoms. The fraction of sp³-hybridized carbons (Fsp3) is 0.222. The molecule has 0 radical (unpaired) electrons.